The van der Waals surface area contributed by atoms with E-state index in [2.05, 4.69) is 41.4 Å². The number of amides is 2. The third kappa shape index (κ3) is 6.08. The van der Waals surface area contributed by atoms with Crippen LogP contribution in [-0.2, 0) is 9.53 Å². The summed E-state index contributed by atoms with van der Waals surface area (Å²) < 4.78 is 4.74. The van der Waals surface area contributed by atoms with Gasteiger partial charge in [0.1, 0.15) is 11.9 Å². The van der Waals surface area contributed by atoms with Gasteiger partial charge in [0.15, 0.2) is 13.1 Å². The largest absolute Gasteiger partial charge is 0.453 e. The van der Waals surface area contributed by atoms with Gasteiger partial charge >= 0.3 is 6.09 Å². The predicted molar refractivity (Wildman–Crippen MR) is 155 cm³/mol. The lowest BCUT2D eigenvalue weighted by Gasteiger charge is -2.30. The first kappa shape index (κ1) is 28.1. The van der Waals surface area contributed by atoms with Gasteiger partial charge in [-0.2, -0.15) is 0 Å². The number of nitrogens with zero attached hydrogens (tertiary/aromatic N) is 2. The molecular formula is C30H37BN4O4. The molecule has 2 atom stereocenters. The minimum atomic E-state index is -0.667. The predicted octanol–water partition coefficient (Wildman–Crippen LogP) is 4.49. The van der Waals surface area contributed by atoms with Gasteiger partial charge in [-0.05, 0) is 29.9 Å². The fourth-order valence-corrected chi connectivity index (χ4v) is 5.15. The molecule has 0 radical (unpaired) electrons. The van der Waals surface area contributed by atoms with Crippen molar-refractivity contribution in [1.82, 2.24) is 20.2 Å². The van der Waals surface area contributed by atoms with Gasteiger partial charge in [0.05, 0.1) is 18.8 Å². The molecule has 1 aromatic heterocycles. The molecule has 1 aliphatic heterocycles. The van der Waals surface area contributed by atoms with Crippen LogP contribution >= 0.6 is 0 Å². The van der Waals surface area contributed by atoms with Crippen LogP contribution < -0.4 is 10.9 Å². The summed E-state index contributed by atoms with van der Waals surface area (Å²) in [5.41, 5.74) is 5.75. The number of imidazole rings is 1. The van der Waals surface area contributed by atoms with E-state index in [1.165, 1.54) is 7.11 Å². The molecule has 8 nitrogen and oxygen atoms in total. The number of carbonyl (C=O) groups is 3. The van der Waals surface area contributed by atoms with Gasteiger partial charge in [0, 0.05) is 29.7 Å². The first-order chi connectivity index (χ1) is 18.8. The molecule has 0 spiro atoms. The SMILES string of the molecule is CBc1[nH]c([C@@H]2CCCN2C(=O)[C@@H](NC(=O)OC)C(C)C)nc1-c1ccc(-c2ccc(C(=O)CC)cc2)cc1. The van der Waals surface area contributed by atoms with Crippen LogP contribution in [0.5, 0.6) is 0 Å². The number of ketones is 1. The number of hydrogen-bond acceptors (Lipinski definition) is 5. The molecule has 204 valence electrons. The summed E-state index contributed by atoms with van der Waals surface area (Å²) in [6, 6.07) is 15.1. The molecule has 4 rings (SSSR count). The Bertz CT molecular complexity index is 1320. The third-order valence-corrected chi connectivity index (χ3v) is 7.41. The van der Waals surface area contributed by atoms with Crippen LogP contribution in [0.1, 0.15) is 62.3 Å². The van der Waals surface area contributed by atoms with Crippen LogP contribution in [0.4, 0.5) is 4.79 Å². The number of carbonyl (C=O) groups excluding carboxylic acids is 3. The summed E-state index contributed by atoms with van der Waals surface area (Å²) in [6.45, 7) is 8.39. The lowest BCUT2D eigenvalue weighted by molar-refractivity contribution is -0.135. The van der Waals surface area contributed by atoms with Crippen molar-refractivity contribution < 1.29 is 19.1 Å². The number of aromatic nitrogens is 2. The molecule has 2 heterocycles. The van der Waals surface area contributed by atoms with Crippen LogP contribution in [-0.4, -0.2) is 59.6 Å². The monoisotopic (exact) mass is 528 g/mol. The number of Topliss-reactive ketones (excluding diaryl/α,β-unsaturated/α-hetero) is 1. The van der Waals surface area contributed by atoms with Crippen molar-refractivity contribution in [2.24, 2.45) is 5.92 Å². The third-order valence-electron chi connectivity index (χ3n) is 7.41. The zero-order chi connectivity index (χ0) is 28.1. The average Bonchev–Trinajstić information content (AvgIpc) is 3.62. The molecule has 2 N–H and O–H groups in total. The standard InChI is InChI=1S/C30H37BN4O4/c1-6-24(36)21-13-9-19(10-14-21)20-11-15-22(16-12-20)26-27(31-4)34-28(32-26)23-8-7-17-35(23)29(37)25(18(2)3)33-30(38)39-5/h9-16,18,23,25,31H,6-8,17H2,1-5H3,(H,32,34)(H,33,38)/t23-,25-/m0/s1. The fourth-order valence-electron chi connectivity index (χ4n) is 5.15. The van der Waals surface area contributed by atoms with Crippen molar-refractivity contribution in [3.63, 3.8) is 0 Å². The lowest BCUT2D eigenvalue weighted by atomic mass is 9.76. The smallest absolute Gasteiger partial charge is 0.407 e. The average molecular weight is 528 g/mol. The van der Waals surface area contributed by atoms with Crippen molar-refractivity contribution in [2.45, 2.75) is 58.9 Å². The summed E-state index contributed by atoms with van der Waals surface area (Å²) >= 11 is 0. The molecule has 0 saturated carbocycles. The number of likely N-dealkylation sites (tertiary alicyclic amines) is 1. The zero-order valence-electron chi connectivity index (χ0n) is 23.4. The Morgan fingerprint density at radius 1 is 1.08 bits per heavy atom. The molecule has 0 aliphatic carbocycles. The number of ether oxygens (including phenoxy) is 1. The number of nitrogens with one attached hydrogen (secondary N) is 2. The molecule has 0 bridgehead atoms. The van der Waals surface area contributed by atoms with E-state index in [1.807, 2.05) is 49.9 Å². The molecule has 1 aliphatic rings. The quantitative estimate of drug-likeness (QED) is 0.315. The van der Waals surface area contributed by atoms with Crippen LogP contribution in [0.15, 0.2) is 48.5 Å². The molecule has 2 aromatic carbocycles. The number of benzene rings is 2. The molecule has 3 aromatic rings. The van der Waals surface area contributed by atoms with Gasteiger partial charge in [0.25, 0.3) is 0 Å². The van der Waals surface area contributed by atoms with Crippen molar-refractivity contribution in [1.29, 1.82) is 0 Å². The number of hydrogen-bond donors (Lipinski definition) is 2. The summed E-state index contributed by atoms with van der Waals surface area (Å²) in [5, 5.41) is 2.70. The number of aromatic amines is 1. The minimum Gasteiger partial charge on any atom is -0.453 e. The second-order valence-corrected chi connectivity index (χ2v) is 10.3. The first-order valence-corrected chi connectivity index (χ1v) is 13.7. The topological polar surface area (TPSA) is 104 Å². The maximum Gasteiger partial charge on any atom is 0.407 e. The number of rotatable bonds is 9. The van der Waals surface area contributed by atoms with Gasteiger partial charge < -0.3 is 19.9 Å². The van der Waals surface area contributed by atoms with E-state index in [-0.39, 0.29) is 23.7 Å². The normalized spacial score (nSPS) is 15.7. The zero-order valence-corrected chi connectivity index (χ0v) is 23.4. The van der Waals surface area contributed by atoms with Crippen LogP contribution in [0, 0.1) is 5.92 Å². The maximum atomic E-state index is 13.5. The Labute approximate surface area is 230 Å². The molecule has 9 heteroatoms. The van der Waals surface area contributed by atoms with Crippen LogP contribution in [0.3, 0.4) is 0 Å². The molecule has 1 fully saturated rings. The molecule has 1 saturated heterocycles. The van der Waals surface area contributed by atoms with Crippen molar-refractivity contribution in [2.75, 3.05) is 13.7 Å². The first-order valence-electron chi connectivity index (χ1n) is 13.7. The van der Waals surface area contributed by atoms with Crippen molar-refractivity contribution in [3.05, 3.63) is 59.9 Å². The highest BCUT2D eigenvalue weighted by atomic mass is 16.5. The van der Waals surface area contributed by atoms with E-state index in [4.69, 9.17) is 9.72 Å². The van der Waals surface area contributed by atoms with E-state index in [0.29, 0.717) is 13.0 Å². The van der Waals surface area contributed by atoms with Gasteiger partial charge in [-0.1, -0.05) is 76.1 Å². The fraction of sp³-hybridized carbons (Fsp3) is 0.400. The highest BCUT2D eigenvalue weighted by Crippen LogP contribution is 2.32. The Kier molecular flexibility index (Phi) is 8.89. The second kappa shape index (κ2) is 12.3. The van der Waals surface area contributed by atoms with E-state index in [1.54, 1.807) is 0 Å². The Balaban J connectivity index is 1.57. The summed E-state index contributed by atoms with van der Waals surface area (Å²) in [7, 11) is 2.07. The van der Waals surface area contributed by atoms with Crippen molar-refractivity contribution >= 4 is 30.7 Å². The van der Waals surface area contributed by atoms with Crippen molar-refractivity contribution in [3.8, 4) is 22.4 Å². The maximum absolute atomic E-state index is 13.5. The number of H-pyrrole nitrogens is 1. The van der Waals surface area contributed by atoms with Gasteiger partial charge in [-0.25, -0.2) is 9.78 Å². The summed E-state index contributed by atoms with van der Waals surface area (Å²) in [4.78, 5) is 47.6. The van der Waals surface area contributed by atoms with E-state index >= 15 is 0 Å². The Morgan fingerprint density at radius 2 is 1.69 bits per heavy atom. The van der Waals surface area contributed by atoms with Gasteiger partial charge in [-0.3, -0.25) is 9.59 Å². The van der Waals surface area contributed by atoms with E-state index in [0.717, 1.165) is 59.5 Å². The Morgan fingerprint density at radius 3 is 2.26 bits per heavy atom. The van der Waals surface area contributed by atoms with E-state index in [9.17, 15) is 14.4 Å². The number of methoxy groups -OCH3 is 1. The summed E-state index contributed by atoms with van der Waals surface area (Å²) in [6.07, 6.45) is 1.56. The van der Waals surface area contributed by atoms with Crippen LogP contribution in [0.2, 0.25) is 6.82 Å². The molecule has 39 heavy (non-hydrogen) atoms. The Hall–Kier alpha value is -3.88. The van der Waals surface area contributed by atoms with E-state index < -0.39 is 12.1 Å². The minimum absolute atomic E-state index is 0.0851. The lowest BCUT2D eigenvalue weighted by Crippen LogP contribution is -2.51. The van der Waals surface area contributed by atoms with Gasteiger partial charge in [-0.15, -0.1) is 0 Å². The second-order valence-electron chi connectivity index (χ2n) is 10.3. The summed E-state index contributed by atoms with van der Waals surface area (Å²) in [5.74, 6) is 0.705. The van der Waals surface area contributed by atoms with Gasteiger partial charge in [0.2, 0.25) is 5.91 Å². The van der Waals surface area contributed by atoms with Crippen LogP contribution in [0.25, 0.3) is 22.4 Å². The number of alkyl carbamates (subject to hydrolysis) is 1. The molecular weight excluding hydrogens is 491 g/mol. The highest BCUT2D eigenvalue weighted by molar-refractivity contribution is 6.52. The molecule has 0 unspecified atom stereocenters. The molecule has 2 amide bonds. The highest BCUT2D eigenvalue weighted by Gasteiger charge is 2.37.